The van der Waals surface area contributed by atoms with Crippen molar-refractivity contribution in [1.82, 2.24) is 0 Å². The maximum absolute atomic E-state index is 11.1. The Labute approximate surface area is 122 Å². The van der Waals surface area contributed by atoms with Crippen molar-refractivity contribution in [2.75, 3.05) is 25.3 Å². The molecule has 2 aromatic rings. The van der Waals surface area contributed by atoms with Gasteiger partial charge in [-0.05, 0) is 30.3 Å². The third-order valence-corrected chi connectivity index (χ3v) is 3.01. The van der Waals surface area contributed by atoms with Crippen molar-refractivity contribution in [2.24, 2.45) is 5.73 Å². The van der Waals surface area contributed by atoms with Gasteiger partial charge >= 0.3 is 0 Å². The first-order valence-corrected chi connectivity index (χ1v) is 6.23. The number of primary amides is 1. The zero-order chi connectivity index (χ0) is 15.4. The van der Waals surface area contributed by atoms with Crippen molar-refractivity contribution in [3.8, 4) is 11.5 Å². The Kier molecular flexibility index (Phi) is 4.18. The van der Waals surface area contributed by atoms with Crippen LogP contribution in [-0.2, 0) is 0 Å². The molecule has 0 fully saturated rings. The van der Waals surface area contributed by atoms with Crippen molar-refractivity contribution in [2.45, 2.75) is 0 Å². The molecule has 5 N–H and O–H groups in total. The van der Waals surface area contributed by atoms with E-state index in [2.05, 4.69) is 5.32 Å². The van der Waals surface area contributed by atoms with E-state index < -0.39 is 5.91 Å². The molecule has 0 bridgehead atoms. The summed E-state index contributed by atoms with van der Waals surface area (Å²) in [7, 11) is 3.16. The Bertz CT molecular complexity index is 671. The molecule has 0 aliphatic heterocycles. The van der Waals surface area contributed by atoms with E-state index in [-0.39, 0.29) is 0 Å². The Morgan fingerprint density at radius 3 is 2.38 bits per heavy atom. The Hall–Kier alpha value is -2.89. The van der Waals surface area contributed by atoms with Crippen LogP contribution in [0.4, 0.5) is 17.1 Å². The maximum Gasteiger partial charge on any atom is 0.248 e. The van der Waals surface area contributed by atoms with Crippen LogP contribution in [0.1, 0.15) is 10.4 Å². The predicted octanol–water partition coefficient (Wildman–Crippen LogP) is 2.13. The van der Waals surface area contributed by atoms with E-state index in [9.17, 15) is 4.79 Å². The fourth-order valence-electron chi connectivity index (χ4n) is 1.89. The van der Waals surface area contributed by atoms with Gasteiger partial charge < -0.3 is 26.3 Å². The minimum absolute atomic E-state index is 0.357. The van der Waals surface area contributed by atoms with Gasteiger partial charge in [-0.3, -0.25) is 4.79 Å². The van der Waals surface area contributed by atoms with Crippen LogP contribution >= 0.6 is 0 Å². The number of carbonyl (C=O) groups excluding carboxylic acids is 1. The molecule has 6 heteroatoms. The van der Waals surface area contributed by atoms with Crippen LogP contribution in [-0.4, -0.2) is 20.1 Å². The molecule has 0 saturated heterocycles. The molecule has 110 valence electrons. The zero-order valence-corrected chi connectivity index (χ0v) is 11.8. The summed E-state index contributed by atoms with van der Waals surface area (Å²) in [4.78, 5) is 11.1. The van der Waals surface area contributed by atoms with E-state index in [1.165, 1.54) is 6.07 Å². The molecule has 0 unspecified atom stereocenters. The minimum atomic E-state index is -0.521. The number of carbonyl (C=O) groups is 1. The van der Waals surface area contributed by atoms with Crippen molar-refractivity contribution < 1.29 is 14.3 Å². The molecule has 0 saturated carbocycles. The average Bonchev–Trinajstić information content (AvgIpc) is 2.49. The van der Waals surface area contributed by atoms with Crippen LogP contribution in [0.15, 0.2) is 36.4 Å². The molecule has 0 aliphatic rings. The van der Waals surface area contributed by atoms with Crippen molar-refractivity contribution in [1.29, 1.82) is 0 Å². The van der Waals surface area contributed by atoms with E-state index >= 15 is 0 Å². The summed E-state index contributed by atoms with van der Waals surface area (Å²) in [5, 5.41) is 3.15. The number of nitrogen functional groups attached to an aromatic ring is 1. The normalized spacial score (nSPS) is 10.0. The van der Waals surface area contributed by atoms with Crippen LogP contribution in [0.2, 0.25) is 0 Å². The first kappa shape index (κ1) is 14.5. The molecular weight excluding hydrogens is 270 g/mol. The third kappa shape index (κ3) is 3.17. The van der Waals surface area contributed by atoms with Crippen molar-refractivity contribution in [3.63, 3.8) is 0 Å². The van der Waals surface area contributed by atoms with Gasteiger partial charge in [-0.1, -0.05) is 0 Å². The number of hydrogen-bond acceptors (Lipinski definition) is 5. The number of benzene rings is 2. The van der Waals surface area contributed by atoms with Gasteiger partial charge in [0, 0.05) is 11.6 Å². The number of amides is 1. The fourth-order valence-corrected chi connectivity index (χ4v) is 1.89. The summed E-state index contributed by atoms with van der Waals surface area (Å²) in [6.45, 7) is 0. The summed E-state index contributed by atoms with van der Waals surface area (Å²) in [5.41, 5.74) is 13.3. The van der Waals surface area contributed by atoms with Gasteiger partial charge in [0.1, 0.15) is 11.5 Å². The van der Waals surface area contributed by atoms with Gasteiger partial charge in [0.05, 0.1) is 31.3 Å². The summed E-state index contributed by atoms with van der Waals surface area (Å²) in [6, 6.07) is 10.2. The molecule has 0 heterocycles. The largest absolute Gasteiger partial charge is 0.497 e. The molecule has 0 spiro atoms. The smallest absolute Gasteiger partial charge is 0.248 e. The average molecular weight is 287 g/mol. The number of nitrogens with one attached hydrogen (secondary N) is 1. The number of anilines is 3. The second-order valence-electron chi connectivity index (χ2n) is 4.36. The van der Waals surface area contributed by atoms with Gasteiger partial charge in [0.2, 0.25) is 5.91 Å². The van der Waals surface area contributed by atoms with Gasteiger partial charge in [-0.15, -0.1) is 0 Å². The van der Waals surface area contributed by atoms with Crippen LogP contribution in [0.25, 0.3) is 0 Å². The van der Waals surface area contributed by atoms with Crippen LogP contribution in [0.5, 0.6) is 11.5 Å². The topological polar surface area (TPSA) is 99.6 Å². The third-order valence-electron chi connectivity index (χ3n) is 3.01. The Balaban J connectivity index is 2.35. The van der Waals surface area contributed by atoms with Crippen LogP contribution in [0, 0.1) is 0 Å². The minimum Gasteiger partial charge on any atom is -0.497 e. The van der Waals surface area contributed by atoms with E-state index in [4.69, 9.17) is 20.9 Å². The van der Waals surface area contributed by atoms with Crippen molar-refractivity contribution in [3.05, 3.63) is 42.0 Å². The predicted molar refractivity (Wildman–Crippen MR) is 82.2 cm³/mol. The Morgan fingerprint density at radius 1 is 1.05 bits per heavy atom. The summed E-state index contributed by atoms with van der Waals surface area (Å²) >= 11 is 0. The highest BCUT2D eigenvalue weighted by Crippen LogP contribution is 2.33. The SMILES string of the molecule is COc1ccc(OC)c(Nc2ccc(C(N)=O)cc2N)c1. The quantitative estimate of drug-likeness (QED) is 0.731. The van der Waals surface area contributed by atoms with Crippen LogP contribution < -0.4 is 26.3 Å². The highest BCUT2D eigenvalue weighted by molar-refractivity contribution is 5.95. The fraction of sp³-hybridized carbons (Fsp3) is 0.133. The van der Waals surface area contributed by atoms with Gasteiger partial charge in [-0.25, -0.2) is 0 Å². The van der Waals surface area contributed by atoms with E-state index in [1.807, 2.05) is 0 Å². The number of hydrogen-bond donors (Lipinski definition) is 3. The Morgan fingerprint density at radius 2 is 1.81 bits per heavy atom. The molecule has 1 amide bonds. The van der Waals surface area contributed by atoms with E-state index in [0.717, 1.165) is 0 Å². The van der Waals surface area contributed by atoms with Gasteiger partial charge in [-0.2, -0.15) is 0 Å². The lowest BCUT2D eigenvalue weighted by atomic mass is 10.1. The molecule has 0 radical (unpaired) electrons. The second-order valence-corrected chi connectivity index (χ2v) is 4.36. The first-order chi connectivity index (χ1) is 10.0. The molecule has 0 aliphatic carbocycles. The second kappa shape index (κ2) is 6.04. The maximum atomic E-state index is 11.1. The molecule has 0 atom stereocenters. The molecule has 21 heavy (non-hydrogen) atoms. The highest BCUT2D eigenvalue weighted by Gasteiger charge is 2.09. The summed E-state index contributed by atoms with van der Waals surface area (Å²) in [5.74, 6) is 0.812. The van der Waals surface area contributed by atoms with E-state index in [1.54, 1.807) is 44.6 Å². The number of methoxy groups -OCH3 is 2. The monoisotopic (exact) mass is 287 g/mol. The lowest BCUT2D eigenvalue weighted by molar-refractivity contribution is 0.100. The standard InChI is InChI=1S/C15H17N3O3/c1-20-10-4-6-14(21-2)13(8-10)18-12-5-3-9(15(17)19)7-11(12)16/h3-8,18H,16H2,1-2H3,(H2,17,19). The highest BCUT2D eigenvalue weighted by atomic mass is 16.5. The number of rotatable bonds is 5. The molecule has 0 aromatic heterocycles. The lowest BCUT2D eigenvalue weighted by Gasteiger charge is -2.14. The molecule has 2 rings (SSSR count). The lowest BCUT2D eigenvalue weighted by Crippen LogP contribution is -2.11. The van der Waals surface area contributed by atoms with Crippen LogP contribution in [0.3, 0.4) is 0 Å². The van der Waals surface area contributed by atoms with Gasteiger partial charge in [0.25, 0.3) is 0 Å². The summed E-state index contributed by atoms with van der Waals surface area (Å²) < 4.78 is 10.5. The molecule has 6 nitrogen and oxygen atoms in total. The first-order valence-electron chi connectivity index (χ1n) is 6.23. The zero-order valence-electron chi connectivity index (χ0n) is 11.8. The summed E-state index contributed by atoms with van der Waals surface area (Å²) in [6.07, 6.45) is 0. The van der Waals surface area contributed by atoms with Gasteiger partial charge in [0.15, 0.2) is 0 Å². The molecule has 2 aromatic carbocycles. The van der Waals surface area contributed by atoms with E-state index in [0.29, 0.717) is 34.1 Å². The number of nitrogens with two attached hydrogens (primary N) is 2. The number of ether oxygens (including phenoxy) is 2. The van der Waals surface area contributed by atoms with Crippen molar-refractivity contribution >= 4 is 23.0 Å². The molecular formula is C15H17N3O3.